The van der Waals surface area contributed by atoms with Crippen molar-refractivity contribution in [2.24, 2.45) is 0 Å². The molecule has 1 aliphatic rings. The Morgan fingerprint density at radius 1 is 1.12 bits per heavy atom. The predicted octanol–water partition coefficient (Wildman–Crippen LogP) is 1.18. The summed E-state index contributed by atoms with van der Waals surface area (Å²) in [6, 6.07) is 6.77. The van der Waals surface area contributed by atoms with Gasteiger partial charge in [0.1, 0.15) is 0 Å². The fourth-order valence-electron chi connectivity index (χ4n) is 2.91. The highest BCUT2D eigenvalue weighted by Gasteiger charge is 2.29. The van der Waals surface area contributed by atoms with Crippen LogP contribution in [0.4, 0.5) is 11.4 Å². The Morgan fingerprint density at radius 2 is 1.79 bits per heavy atom. The Hall–Kier alpha value is -2.41. The number of likely N-dealkylation sites (tertiary alicyclic amines) is 1. The Bertz CT molecular complexity index is 618. The zero-order valence-electron chi connectivity index (χ0n) is 14.1. The van der Waals surface area contributed by atoms with Gasteiger partial charge in [0.25, 0.3) is 0 Å². The van der Waals surface area contributed by atoms with E-state index in [1.807, 2.05) is 4.90 Å². The van der Waals surface area contributed by atoms with Gasteiger partial charge in [0.05, 0.1) is 24.0 Å². The maximum absolute atomic E-state index is 12.4. The summed E-state index contributed by atoms with van der Waals surface area (Å²) in [6.45, 7) is 2.28. The lowest BCUT2D eigenvalue weighted by atomic mass is 10.0. The minimum atomic E-state index is -0.264. The average molecular weight is 332 g/mol. The number of para-hydroxylation sites is 2. The SMILES string of the molecule is CNC(=O)C1CCCCN1CC(=O)Nc1ccccc1NC(C)=O. The van der Waals surface area contributed by atoms with Crippen molar-refractivity contribution in [3.8, 4) is 0 Å². The number of carbonyl (C=O) groups excluding carboxylic acids is 3. The summed E-state index contributed by atoms with van der Waals surface area (Å²) in [7, 11) is 1.61. The van der Waals surface area contributed by atoms with Crippen molar-refractivity contribution in [2.45, 2.75) is 32.2 Å². The lowest BCUT2D eigenvalue weighted by Crippen LogP contribution is -2.51. The lowest BCUT2D eigenvalue weighted by molar-refractivity contribution is -0.128. The Morgan fingerprint density at radius 3 is 2.42 bits per heavy atom. The normalized spacial score (nSPS) is 17.8. The van der Waals surface area contributed by atoms with Crippen LogP contribution in [0.25, 0.3) is 0 Å². The molecule has 0 radical (unpaired) electrons. The summed E-state index contributed by atoms with van der Waals surface area (Å²) in [5.74, 6) is -0.461. The van der Waals surface area contributed by atoms with Crippen LogP contribution in [-0.2, 0) is 14.4 Å². The fraction of sp³-hybridized carbons (Fsp3) is 0.471. The van der Waals surface area contributed by atoms with E-state index in [-0.39, 0.29) is 30.3 Å². The maximum Gasteiger partial charge on any atom is 0.238 e. The third-order valence-corrected chi connectivity index (χ3v) is 4.02. The number of anilines is 2. The molecule has 0 aliphatic carbocycles. The lowest BCUT2D eigenvalue weighted by Gasteiger charge is -2.33. The van der Waals surface area contributed by atoms with Crippen molar-refractivity contribution in [3.05, 3.63) is 24.3 Å². The van der Waals surface area contributed by atoms with Crippen LogP contribution >= 0.6 is 0 Å². The number of benzene rings is 1. The number of rotatable bonds is 5. The van der Waals surface area contributed by atoms with E-state index in [0.717, 1.165) is 25.8 Å². The first-order valence-electron chi connectivity index (χ1n) is 8.13. The summed E-state index contributed by atoms with van der Waals surface area (Å²) < 4.78 is 0. The van der Waals surface area contributed by atoms with Gasteiger partial charge in [-0.2, -0.15) is 0 Å². The second kappa shape index (κ2) is 8.44. The molecular formula is C17H24N4O3. The van der Waals surface area contributed by atoms with Crippen LogP contribution in [0.5, 0.6) is 0 Å². The van der Waals surface area contributed by atoms with E-state index >= 15 is 0 Å². The van der Waals surface area contributed by atoms with Gasteiger partial charge in [-0.1, -0.05) is 18.6 Å². The highest BCUT2D eigenvalue weighted by Crippen LogP contribution is 2.22. The van der Waals surface area contributed by atoms with Gasteiger partial charge in [0, 0.05) is 14.0 Å². The molecule has 0 bridgehead atoms. The molecule has 3 amide bonds. The smallest absolute Gasteiger partial charge is 0.238 e. The van der Waals surface area contributed by atoms with Crippen LogP contribution in [0, 0.1) is 0 Å². The Balaban J connectivity index is 2.02. The van der Waals surface area contributed by atoms with Crippen molar-refractivity contribution in [1.82, 2.24) is 10.2 Å². The topological polar surface area (TPSA) is 90.5 Å². The molecule has 130 valence electrons. The number of hydrogen-bond acceptors (Lipinski definition) is 4. The predicted molar refractivity (Wildman–Crippen MR) is 92.7 cm³/mol. The summed E-state index contributed by atoms with van der Waals surface area (Å²) in [5, 5.41) is 8.16. The molecule has 24 heavy (non-hydrogen) atoms. The molecular weight excluding hydrogens is 308 g/mol. The number of nitrogens with one attached hydrogen (secondary N) is 3. The van der Waals surface area contributed by atoms with Crippen LogP contribution in [0.1, 0.15) is 26.2 Å². The molecule has 1 heterocycles. The molecule has 7 heteroatoms. The molecule has 1 atom stereocenters. The minimum Gasteiger partial charge on any atom is -0.358 e. The highest BCUT2D eigenvalue weighted by molar-refractivity contribution is 5.99. The highest BCUT2D eigenvalue weighted by atomic mass is 16.2. The Kier molecular flexibility index (Phi) is 6.31. The molecule has 1 unspecified atom stereocenters. The van der Waals surface area contributed by atoms with Crippen molar-refractivity contribution < 1.29 is 14.4 Å². The molecule has 1 saturated heterocycles. The van der Waals surface area contributed by atoms with E-state index in [2.05, 4.69) is 16.0 Å². The quantitative estimate of drug-likeness (QED) is 0.755. The summed E-state index contributed by atoms with van der Waals surface area (Å²) >= 11 is 0. The zero-order valence-corrected chi connectivity index (χ0v) is 14.1. The standard InChI is InChI=1S/C17H24N4O3/c1-12(22)19-13-7-3-4-8-14(13)20-16(23)11-21-10-6-5-9-15(21)17(24)18-2/h3-4,7-8,15H,5-6,9-11H2,1-2H3,(H,18,24)(H,19,22)(H,20,23). The Labute approximate surface area is 141 Å². The number of carbonyl (C=O) groups is 3. The van der Waals surface area contributed by atoms with Crippen LogP contribution < -0.4 is 16.0 Å². The van der Waals surface area contributed by atoms with Gasteiger partial charge < -0.3 is 16.0 Å². The van der Waals surface area contributed by atoms with Crippen molar-refractivity contribution in [2.75, 3.05) is 30.8 Å². The monoisotopic (exact) mass is 332 g/mol. The third kappa shape index (κ3) is 4.79. The second-order valence-corrected chi connectivity index (χ2v) is 5.87. The largest absolute Gasteiger partial charge is 0.358 e. The first-order chi connectivity index (χ1) is 11.5. The summed E-state index contributed by atoms with van der Waals surface area (Å²) in [4.78, 5) is 37.5. The van der Waals surface area contributed by atoms with Crippen LogP contribution in [0.3, 0.4) is 0 Å². The number of likely N-dealkylation sites (N-methyl/N-ethyl adjacent to an activating group) is 1. The van der Waals surface area contributed by atoms with Crippen LogP contribution in [0.2, 0.25) is 0 Å². The van der Waals surface area contributed by atoms with Crippen molar-refractivity contribution >= 4 is 29.1 Å². The molecule has 7 nitrogen and oxygen atoms in total. The van der Waals surface area contributed by atoms with Crippen molar-refractivity contribution in [1.29, 1.82) is 0 Å². The van der Waals surface area contributed by atoms with E-state index in [4.69, 9.17) is 0 Å². The van der Waals surface area contributed by atoms with Crippen LogP contribution in [-0.4, -0.2) is 48.8 Å². The third-order valence-electron chi connectivity index (χ3n) is 4.02. The molecule has 3 N–H and O–H groups in total. The fourth-order valence-corrected chi connectivity index (χ4v) is 2.91. The first kappa shape index (κ1) is 17.9. The van der Waals surface area contributed by atoms with Gasteiger partial charge >= 0.3 is 0 Å². The minimum absolute atomic E-state index is 0.0545. The molecule has 1 fully saturated rings. The molecule has 1 aliphatic heterocycles. The summed E-state index contributed by atoms with van der Waals surface area (Å²) in [6.07, 6.45) is 2.72. The maximum atomic E-state index is 12.4. The number of nitrogens with zero attached hydrogens (tertiary/aromatic N) is 1. The molecule has 0 saturated carbocycles. The molecule has 1 aromatic carbocycles. The first-order valence-corrected chi connectivity index (χ1v) is 8.13. The van der Waals surface area contributed by atoms with E-state index in [1.165, 1.54) is 6.92 Å². The molecule has 1 aromatic rings. The number of piperidine rings is 1. The summed E-state index contributed by atoms with van der Waals surface area (Å²) in [5.41, 5.74) is 1.10. The van der Waals surface area contributed by atoms with Gasteiger partial charge in [0.2, 0.25) is 17.7 Å². The number of amides is 3. The molecule has 2 rings (SSSR count). The average Bonchev–Trinajstić information content (AvgIpc) is 2.56. The zero-order chi connectivity index (χ0) is 17.5. The van der Waals surface area contributed by atoms with Crippen molar-refractivity contribution in [3.63, 3.8) is 0 Å². The van der Waals surface area contributed by atoms with E-state index in [0.29, 0.717) is 11.4 Å². The van der Waals surface area contributed by atoms with Gasteiger partial charge in [-0.3, -0.25) is 19.3 Å². The second-order valence-electron chi connectivity index (χ2n) is 5.87. The molecule has 0 spiro atoms. The van der Waals surface area contributed by atoms with Gasteiger partial charge in [-0.15, -0.1) is 0 Å². The van der Waals surface area contributed by atoms with E-state index < -0.39 is 0 Å². The van der Waals surface area contributed by atoms with Gasteiger partial charge in [0.15, 0.2) is 0 Å². The van der Waals surface area contributed by atoms with E-state index in [1.54, 1.807) is 31.3 Å². The molecule has 0 aromatic heterocycles. The van der Waals surface area contributed by atoms with Gasteiger partial charge in [-0.25, -0.2) is 0 Å². The van der Waals surface area contributed by atoms with Crippen LogP contribution in [0.15, 0.2) is 24.3 Å². The van der Waals surface area contributed by atoms with E-state index in [9.17, 15) is 14.4 Å². The van der Waals surface area contributed by atoms with Gasteiger partial charge in [-0.05, 0) is 31.5 Å². The number of hydrogen-bond donors (Lipinski definition) is 3.